The van der Waals surface area contributed by atoms with E-state index in [0.717, 1.165) is 16.5 Å². The third-order valence-corrected chi connectivity index (χ3v) is 3.47. The Morgan fingerprint density at radius 1 is 1.26 bits per heavy atom. The van der Waals surface area contributed by atoms with Crippen LogP contribution >= 0.6 is 0 Å². The lowest BCUT2D eigenvalue weighted by Crippen LogP contribution is -2.06. The van der Waals surface area contributed by atoms with Crippen LogP contribution in [0.4, 0.5) is 0 Å². The van der Waals surface area contributed by atoms with Crippen molar-refractivity contribution in [2.45, 2.75) is 6.92 Å². The van der Waals surface area contributed by atoms with Crippen LogP contribution in [-0.4, -0.2) is 14.7 Å². The number of aromatic hydroxyl groups is 1. The molecule has 96 valence electrons. The lowest BCUT2D eigenvalue weighted by molar-refractivity contribution is 0.470. The third kappa shape index (κ3) is 1.73. The van der Waals surface area contributed by atoms with Crippen LogP contribution in [0.3, 0.4) is 0 Å². The Labute approximate surface area is 109 Å². The fourth-order valence-corrected chi connectivity index (χ4v) is 2.40. The molecule has 4 nitrogen and oxygen atoms in total. The van der Waals surface area contributed by atoms with Gasteiger partial charge in [0.2, 0.25) is 0 Å². The molecule has 3 aromatic rings. The van der Waals surface area contributed by atoms with E-state index >= 15 is 0 Å². The number of rotatable bonds is 1. The maximum Gasteiger partial charge on any atom is 0.252 e. The lowest BCUT2D eigenvalue weighted by Gasteiger charge is -2.09. The predicted molar refractivity (Wildman–Crippen MR) is 75.4 cm³/mol. The van der Waals surface area contributed by atoms with Gasteiger partial charge < -0.3 is 14.7 Å². The molecule has 2 heterocycles. The van der Waals surface area contributed by atoms with Crippen molar-refractivity contribution < 1.29 is 5.11 Å². The van der Waals surface area contributed by atoms with Gasteiger partial charge in [0.1, 0.15) is 5.75 Å². The average Bonchev–Trinajstić information content (AvgIpc) is 2.76. The van der Waals surface area contributed by atoms with Gasteiger partial charge in [-0.15, -0.1) is 0 Å². The standard InChI is InChI=1S/C15H14N2O2/c1-9-13(18)8-14(19)16-15(9)11-4-3-5-12-10(11)6-7-17(12)2/h3-8H,1-2H3,(H2,16,18,19). The number of benzene rings is 1. The molecule has 0 amide bonds. The van der Waals surface area contributed by atoms with Crippen molar-refractivity contribution in [2.24, 2.45) is 7.05 Å². The van der Waals surface area contributed by atoms with E-state index in [4.69, 9.17) is 0 Å². The maximum absolute atomic E-state index is 11.6. The highest BCUT2D eigenvalue weighted by molar-refractivity contribution is 5.95. The molecule has 0 fully saturated rings. The van der Waals surface area contributed by atoms with Crippen LogP contribution in [0, 0.1) is 6.92 Å². The van der Waals surface area contributed by atoms with E-state index in [1.165, 1.54) is 6.07 Å². The number of nitrogens with zero attached hydrogens (tertiary/aromatic N) is 1. The van der Waals surface area contributed by atoms with Crippen molar-refractivity contribution in [3.63, 3.8) is 0 Å². The van der Waals surface area contributed by atoms with Gasteiger partial charge in [0.15, 0.2) is 0 Å². The Hall–Kier alpha value is -2.49. The first-order valence-corrected chi connectivity index (χ1v) is 6.05. The second-order valence-electron chi connectivity index (χ2n) is 4.68. The van der Waals surface area contributed by atoms with Gasteiger partial charge in [0.05, 0.1) is 5.69 Å². The quantitative estimate of drug-likeness (QED) is 0.701. The molecule has 0 unspecified atom stereocenters. The van der Waals surface area contributed by atoms with Gasteiger partial charge in [-0.1, -0.05) is 12.1 Å². The summed E-state index contributed by atoms with van der Waals surface area (Å²) in [5.74, 6) is 0.0201. The minimum absolute atomic E-state index is 0.0201. The van der Waals surface area contributed by atoms with Gasteiger partial charge in [-0.2, -0.15) is 0 Å². The van der Waals surface area contributed by atoms with Crippen LogP contribution in [0.2, 0.25) is 0 Å². The predicted octanol–water partition coefficient (Wildman–Crippen LogP) is 2.55. The summed E-state index contributed by atoms with van der Waals surface area (Å²) in [6.45, 7) is 1.79. The minimum Gasteiger partial charge on any atom is -0.507 e. The molecule has 0 aliphatic heterocycles. The summed E-state index contributed by atoms with van der Waals surface area (Å²) in [6, 6.07) is 9.12. The number of aromatic nitrogens is 2. The molecular weight excluding hydrogens is 240 g/mol. The molecule has 0 aliphatic carbocycles. The van der Waals surface area contributed by atoms with Crippen molar-refractivity contribution >= 4 is 10.9 Å². The molecule has 0 spiro atoms. The number of aromatic amines is 1. The molecule has 0 atom stereocenters. The lowest BCUT2D eigenvalue weighted by atomic mass is 10.0. The largest absolute Gasteiger partial charge is 0.507 e. The van der Waals surface area contributed by atoms with Gasteiger partial charge in [0.25, 0.3) is 5.56 Å². The van der Waals surface area contributed by atoms with Crippen LogP contribution in [0.5, 0.6) is 5.75 Å². The van der Waals surface area contributed by atoms with Crippen LogP contribution in [-0.2, 0) is 7.05 Å². The zero-order valence-corrected chi connectivity index (χ0v) is 10.8. The van der Waals surface area contributed by atoms with E-state index in [2.05, 4.69) is 4.98 Å². The van der Waals surface area contributed by atoms with Crippen LogP contribution in [0.25, 0.3) is 22.2 Å². The SMILES string of the molecule is Cc1c(O)cc(=O)[nH]c1-c1cccc2c1ccn2C. The molecule has 0 bridgehead atoms. The molecule has 1 aromatic carbocycles. The smallest absolute Gasteiger partial charge is 0.252 e. The Kier molecular flexibility index (Phi) is 2.45. The number of aryl methyl sites for hydroxylation is 1. The Bertz CT molecular complexity index is 828. The number of hydrogen-bond acceptors (Lipinski definition) is 2. The summed E-state index contributed by atoms with van der Waals surface area (Å²) in [5, 5.41) is 10.8. The molecule has 3 rings (SSSR count). The van der Waals surface area contributed by atoms with E-state index in [1.54, 1.807) is 6.92 Å². The van der Waals surface area contributed by atoms with Crippen LogP contribution in [0.15, 0.2) is 41.3 Å². The fraction of sp³-hybridized carbons (Fsp3) is 0.133. The average molecular weight is 254 g/mol. The summed E-state index contributed by atoms with van der Waals surface area (Å²) in [6.07, 6.45) is 1.98. The van der Waals surface area contributed by atoms with Crippen molar-refractivity contribution in [3.05, 3.63) is 52.4 Å². The molecule has 2 N–H and O–H groups in total. The summed E-state index contributed by atoms with van der Waals surface area (Å²) >= 11 is 0. The van der Waals surface area contributed by atoms with E-state index < -0.39 is 0 Å². The molecule has 19 heavy (non-hydrogen) atoms. The summed E-state index contributed by atoms with van der Waals surface area (Å²) in [4.78, 5) is 14.4. The number of fused-ring (bicyclic) bond motifs is 1. The summed E-state index contributed by atoms with van der Waals surface area (Å²) in [7, 11) is 1.98. The first kappa shape index (κ1) is 11.6. The van der Waals surface area contributed by atoms with E-state index in [1.807, 2.05) is 42.1 Å². The van der Waals surface area contributed by atoms with Gasteiger partial charge in [0, 0.05) is 41.3 Å². The van der Waals surface area contributed by atoms with Crippen LogP contribution in [0.1, 0.15) is 5.56 Å². The highest BCUT2D eigenvalue weighted by atomic mass is 16.3. The molecule has 4 heteroatoms. The molecule has 0 saturated heterocycles. The Morgan fingerprint density at radius 3 is 2.84 bits per heavy atom. The Balaban J connectivity index is 2.40. The van der Waals surface area contributed by atoms with Gasteiger partial charge in [-0.3, -0.25) is 4.79 Å². The second kappa shape index (κ2) is 4.02. The molecule has 2 aromatic heterocycles. The monoisotopic (exact) mass is 254 g/mol. The van der Waals surface area contributed by atoms with E-state index in [0.29, 0.717) is 11.3 Å². The van der Waals surface area contributed by atoms with Crippen molar-refractivity contribution in [2.75, 3.05) is 0 Å². The van der Waals surface area contributed by atoms with E-state index in [9.17, 15) is 9.90 Å². The number of pyridine rings is 1. The van der Waals surface area contributed by atoms with Gasteiger partial charge >= 0.3 is 0 Å². The number of H-pyrrole nitrogens is 1. The maximum atomic E-state index is 11.6. The van der Waals surface area contributed by atoms with Crippen LogP contribution < -0.4 is 5.56 Å². The number of hydrogen-bond donors (Lipinski definition) is 2. The third-order valence-electron chi connectivity index (χ3n) is 3.47. The zero-order chi connectivity index (χ0) is 13.6. The van der Waals surface area contributed by atoms with Crippen molar-refractivity contribution in [3.8, 4) is 17.0 Å². The Morgan fingerprint density at radius 2 is 2.05 bits per heavy atom. The zero-order valence-electron chi connectivity index (χ0n) is 10.8. The van der Waals surface area contributed by atoms with Gasteiger partial charge in [-0.25, -0.2) is 0 Å². The summed E-state index contributed by atoms with van der Waals surface area (Å²) in [5.41, 5.74) is 3.05. The van der Waals surface area contributed by atoms with Gasteiger partial charge in [-0.05, 0) is 19.1 Å². The second-order valence-corrected chi connectivity index (χ2v) is 4.68. The highest BCUT2D eigenvalue weighted by Crippen LogP contribution is 2.31. The van der Waals surface area contributed by atoms with E-state index in [-0.39, 0.29) is 11.3 Å². The molecule has 0 radical (unpaired) electrons. The molecular formula is C15H14N2O2. The molecule has 0 saturated carbocycles. The number of nitrogens with one attached hydrogen (secondary N) is 1. The fourth-order valence-electron chi connectivity index (χ4n) is 2.40. The minimum atomic E-state index is -0.300. The van der Waals surface area contributed by atoms with Crippen molar-refractivity contribution in [1.29, 1.82) is 0 Å². The normalized spacial score (nSPS) is 11.1. The van der Waals surface area contributed by atoms with Crippen molar-refractivity contribution in [1.82, 2.24) is 9.55 Å². The first-order valence-electron chi connectivity index (χ1n) is 6.05. The summed E-state index contributed by atoms with van der Waals surface area (Å²) < 4.78 is 2.02. The topological polar surface area (TPSA) is 58.0 Å². The molecule has 0 aliphatic rings. The highest BCUT2D eigenvalue weighted by Gasteiger charge is 2.11. The first-order chi connectivity index (χ1) is 9.08.